The lowest BCUT2D eigenvalue weighted by Gasteiger charge is -2.18. The molecule has 0 bridgehead atoms. The van der Waals surface area contributed by atoms with Crippen molar-refractivity contribution in [2.24, 2.45) is 0 Å². The van der Waals surface area contributed by atoms with E-state index >= 15 is 0 Å². The molecule has 0 fully saturated rings. The third-order valence-electron chi connectivity index (χ3n) is 30.7. The molecule has 0 atom stereocenters. The third-order valence-corrected chi connectivity index (χ3v) is 30.7. The summed E-state index contributed by atoms with van der Waals surface area (Å²) in [6.45, 7) is 0. The van der Waals surface area contributed by atoms with Crippen LogP contribution in [0.15, 0.2) is 557 Å². The van der Waals surface area contributed by atoms with Gasteiger partial charge < -0.3 is 0 Å². The van der Waals surface area contributed by atoms with Crippen molar-refractivity contribution in [1.82, 2.24) is 0 Å². The van der Waals surface area contributed by atoms with Gasteiger partial charge in [0.05, 0.1) is 0 Å². The topological polar surface area (TPSA) is 0 Å². The molecule has 0 aromatic heterocycles. The van der Waals surface area contributed by atoms with Crippen LogP contribution in [0.3, 0.4) is 0 Å². The molecule has 24 aromatic rings. The molecule has 30 rings (SSSR count). The maximum absolute atomic E-state index is 2.49. The molecule has 0 nitrogen and oxygen atoms in total. The largest absolute Gasteiger partial charge is 0.0622 e. The lowest BCUT2D eigenvalue weighted by Crippen LogP contribution is -1.96. The molecule has 0 heteroatoms. The molecule has 0 amide bonds. The van der Waals surface area contributed by atoms with E-state index in [1.54, 1.807) is 0 Å². The molecule has 0 saturated heterocycles. The average molecular weight is 1850 g/mol. The summed E-state index contributed by atoms with van der Waals surface area (Å²) in [6.07, 6.45) is 7.34. The van der Waals surface area contributed by atoms with Crippen molar-refractivity contribution in [3.05, 3.63) is 640 Å². The molecule has 676 valence electrons. The predicted octanol–water partition coefficient (Wildman–Crippen LogP) is 38.8. The summed E-state index contributed by atoms with van der Waals surface area (Å²) in [6, 6.07) is 198. The maximum Gasteiger partial charge on any atom is -0.000763 e. The van der Waals surface area contributed by atoms with E-state index in [9.17, 15) is 0 Å². The van der Waals surface area contributed by atoms with Crippen LogP contribution in [0.1, 0.15) is 83.5 Å². The average Bonchev–Trinajstić information content (AvgIpc) is 1.55. The van der Waals surface area contributed by atoms with Crippen LogP contribution in [0.5, 0.6) is 0 Å². The number of fused-ring (bicyclic) bond motifs is 17. The first kappa shape index (κ1) is 85.0. The standard InChI is InChI=1S/C58H36.C50H32.C38H24/c1-2-16-41(17-3-1)56-57(49-29-25-40-15-7-11-21-45(40)33-49)55(48-28-24-39-14-6-10-20-44(39)32-48)54-35-50-34-51(46-26-22-37-12-4-8-18-42(37)30-46)52(36-53(50)58(54)56)47-27-23-38-13-5-9-19-43(38)31-47;1-4-16-35(17-5-1)43-30-38-31-46-48(41-28-14-24-33-20-10-12-26-39(33)41)50(42-29-15-25-34-21-11-13-27-40(34)42)47(37-22-8-3-9-23-37)49(46)45(38)32-44(43)36-18-6-2-7-19-36;1-2-14-27(15-3-1)35-36-31-21-9-6-16-28(31)24-34(36)37(32-22-10-17-25-12-4-7-19-29(25)32)38(35)33-23-11-18-26-13-5-8-20-30(26)33/h1-36H;1-32H;1-24H. The van der Waals surface area contributed by atoms with E-state index in [0.29, 0.717) is 0 Å². The van der Waals surface area contributed by atoms with Gasteiger partial charge in [0.2, 0.25) is 0 Å². The Morgan fingerprint density at radius 1 is 0.0890 bits per heavy atom. The summed E-state index contributed by atoms with van der Waals surface area (Å²) in [5.74, 6) is 0. The van der Waals surface area contributed by atoms with Crippen LogP contribution in [-0.4, -0.2) is 0 Å². The highest BCUT2D eigenvalue weighted by Crippen LogP contribution is 2.65. The van der Waals surface area contributed by atoms with Crippen LogP contribution in [-0.2, 0) is 0 Å². The van der Waals surface area contributed by atoms with Gasteiger partial charge in [0, 0.05) is 0 Å². The van der Waals surface area contributed by atoms with Crippen molar-refractivity contribution in [3.63, 3.8) is 0 Å². The Bertz CT molecular complexity index is 9890. The summed E-state index contributed by atoms with van der Waals surface area (Å²) < 4.78 is 0. The van der Waals surface area contributed by atoms with Crippen LogP contribution in [0, 0.1) is 0 Å². The molecule has 0 radical (unpaired) electrons. The number of benzene rings is 24. The minimum absolute atomic E-state index is 1.22. The molecular weight excluding hydrogens is 1750 g/mol. The fraction of sp³-hybridized carbons (Fsp3) is 0. The van der Waals surface area contributed by atoms with Crippen molar-refractivity contribution in [2.75, 3.05) is 0 Å². The molecule has 0 N–H and O–H groups in total. The lowest BCUT2D eigenvalue weighted by atomic mass is 9.84. The second kappa shape index (κ2) is 35.7. The maximum atomic E-state index is 2.49. The van der Waals surface area contributed by atoms with E-state index in [0.717, 1.165) is 0 Å². The van der Waals surface area contributed by atoms with Gasteiger partial charge in [0.15, 0.2) is 0 Å². The SMILES string of the molecule is C1=C2C(=C(c3ccccc3)C(c3cccc4ccccc34)=C2c2cccc3ccccc23)c2cc(-c3ccccc3)c(-c3ccccc3)cc21.C1=C2C(=C(c3ccccc3)C(c3cccc4ccccc34)=C2c2cccc3ccccc23)c2ccccc21.C1=C2C(c3ccc4ccccc4c3)=C(c3ccc4ccccc4c3)C(c3ccccc3)=C2c2cc(-c3ccc4ccccc4c3)c(-c3ccc4ccccc4c3)cc21. The molecule has 0 saturated carbocycles. The molecule has 0 heterocycles. The van der Waals surface area contributed by atoms with Gasteiger partial charge in [-0.2, -0.15) is 0 Å². The van der Waals surface area contributed by atoms with Crippen molar-refractivity contribution in [2.45, 2.75) is 0 Å². The van der Waals surface area contributed by atoms with E-state index in [1.807, 2.05) is 0 Å². The van der Waals surface area contributed by atoms with Gasteiger partial charge in [-0.15, -0.1) is 0 Å². The zero-order valence-corrected chi connectivity index (χ0v) is 80.1. The van der Waals surface area contributed by atoms with Gasteiger partial charge in [-0.1, -0.05) is 491 Å². The summed E-state index contributed by atoms with van der Waals surface area (Å²) in [4.78, 5) is 0. The first-order valence-corrected chi connectivity index (χ1v) is 50.7. The number of hydrogen-bond acceptors (Lipinski definition) is 0. The van der Waals surface area contributed by atoms with Crippen molar-refractivity contribution >= 4 is 171 Å². The van der Waals surface area contributed by atoms with E-state index in [4.69, 9.17) is 0 Å². The molecule has 0 aliphatic heterocycles. The van der Waals surface area contributed by atoms with Crippen LogP contribution in [0.4, 0.5) is 0 Å². The summed E-state index contributed by atoms with van der Waals surface area (Å²) in [7, 11) is 0. The van der Waals surface area contributed by atoms with E-state index in [1.165, 1.54) is 298 Å². The van der Waals surface area contributed by atoms with Gasteiger partial charge in [-0.05, 0) is 364 Å². The number of allylic oxidation sites excluding steroid dienone is 15. The van der Waals surface area contributed by atoms with E-state index < -0.39 is 0 Å². The highest BCUT2D eigenvalue weighted by Gasteiger charge is 2.42. The first-order chi connectivity index (χ1) is 72.4. The number of rotatable bonds is 13. The number of hydrogen-bond donors (Lipinski definition) is 0. The smallest absolute Gasteiger partial charge is 0.000763 e. The Morgan fingerprint density at radius 2 is 0.315 bits per heavy atom. The van der Waals surface area contributed by atoms with Crippen LogP contribution in [0.2, 0.25) is 0 Å². The Labute approximate surface area is 849 Å². The highest BCUT2D eigenvalue weighted by atomic mass is 14.4. The van der Waals surface area contributed by atoms with Gasteiger partial charge in [0.1, 0.15) is 0 Å². The quantitative estimate of drug-likeness (QED) is 0.108. The zero-order chi connectivity index (χ0) is 96.2. The van der Waals surface area contributed by atoms with E-state index in [-0.39, 0.29) is 0 Å². The summed E-state index contributed by atoms with van der Waals surface area (Å²) in [5.41, 5.74) is 48.4. The van der Waals surface area contributed by atoms with Crippen LogP contribution < -0.4 is 0 Å². The Hall–Kier alpha value is -19.0. The van der Waals surface area contributed by atoms with Crippen molar-refractivity contribution < 1.29 is 0 Å². The fourth-order valence-corrected chi connectivity index (χ4v) is 24.2. The molecule has 146 heavy (non-hydrogen) atoms. The molecule has 6 aliphatic rings. The molecule has 0 spiro atoms. The zero-order valence-electron chi connectivity index (χ0n) is 80.1. The van der Waals surface area contributed by atoms with E-state index in [2.05, 4.69) is 558 Å². The summed E-state index contributed by atoms with van der Waals surface area (Å²) >= 11 is 0. The van der Waals surface area contributed by atoms with Gasteiger partial charge >= 0.3 is 0 Å². The molecular formula is C146H92. The predicted molar refractivity (Wildman–Crippen MR) is 624 cm³/mol. The lowest BCUT2D eigenvalue weighted by molar-refractivity contribution is 1.54. The molecule has 6 aliphatic carbocycles. The van der Waals surface area contributed by atoms with Gasteiger partial charge in [-0.3, -0.25) is 0 Å². The fourth-order valence-electron chi connectivity index (χ4n) is 24.2. The first-order valence-electron chi connectivity index (χ1n) is 50.7. The van der Waals surface area contributed by atoms with Crippen LogP contribution >= 0.6 is 0 Å². The molecule has 24 aromatic carbocycles. The second-order valence-electron chi connectivity index (χ2n) is 38.9. The monoisotopic (exact) mass is 1840 g/mol. The third kappa shape index (κ3) is 14.5. The summed E-state index contributed by atoms with van der Waals surface area (Å²) in [5, 5.41) is 20.1. The minimum atomic E-state index is 1.22. The second-order valence-corrected chi connectivity index (χ2v) is 38.9. The Morgan fingerprint density at radius 3 is 0.692 bits per heavy atom. The minimum Gasteiger partial charge on any atom is -0.0622 e. The normalized spacial score (nSPS) is 13.7. The Balaban J connectivity index is 0.000000108. The Kier molecular flexibility index (Phi) is 20.8. The van der Waals surface area contributed by atoms with Gasteiger partial charge in [0.25, 0.3) is 0 Å². The highest BCUT2D eigenvalue weighted by molar-refractivity contribution is 6.42. The van der Waals surface area contributed by atoms with Crippen LogP contribution in [0.25, 0.3) is 216 Å². The van der Waals surface area contributed by atoms with Crippen molar-refractivity contribution in [3.8, 4) is 44.5 Å². The van der Waals surface area contributed by atoms with Crippen molar-refractivity contribution in [1.29, 1.82) is 0 Å². The molecule has 0 unspecified atom stereocenters. The van der Waals surface area contributed by atoms with Gasteiger partial charge in [-0.25, -0.2) is 0 Å².